The molecule has 5 nitrogen and oxygen atoms in total. The van der Waals surface area contributed by atoms with Gasteiger partial charge >= 0.3 is 29.6 Å². The van der Waals surface area contributed by atoms with E-state index in [1.807, 2.05) is 48.5 Å². The Labute approximate surface area is 240 Å². The monoisotopic (exact) mass is 503 g/mol. The van der Waals surface area contributed by atoms with E-state index in [1.54, 1.807) is 6.07 Å². The van der Waals surface area contributed by atoms with Crippen molar-refractivity contribution in [3.05, 3.63) is 96.4 Å². The Kier molecular flexibility index (Phi) is 9.62. The fourth-order valence-electron chi connectivity index (χ4n) is 5.23. The summed E-state index contributed by atoms with van der Waals surface area (Å²) in [6.45, 7) is -0.448. The van der Waals surface area contributed by atoms with Crippen LogP contribution in [0.25, 0.3) is 22.6 Å². The topological polar surface area (TPSA) is 75.4 Å². The number of hydrogen-bond acceptors (Lipinski definition) is 5. The third-order valence-corrected chi connectivity index (χ3v) is 6.96. The van der Waals surface area contributed by atoms with E-state index < -0.39 is 12.6 Å². The average molecular weight is 504 g/mol. The number of carbonyl (C=O) groups is 1. The van der Waals surface area contributed by atoms with Gasteiger partial charge in [-0.1, -0.05) is 92.1 Å². The molecule has 4 aromatic rings. The summed E-state index contributed by atoms with van der Waals surface area (Å²) in [4.78, 5) is 15.9. The zero-order chi connectivity index (χ0) is 24.7. The van der Waals surface area contributed by atoms with Gasteiger partial charge < -0.3 is 19.1 Å². The Hall–Kier alpha value is -2.86. The molecule has 1 saturated carbocycles. The van der Waals surface area contributed by atoms with E-state index in [9.17, 15) is 9.90 Å². The van der Waals surface area contributed by atoms with Gasteiger partial charge in [0, 0.05) is 17.0 Å². The van der Waals surface area contributed by atoms with Gasteiger partial charge in [0.2, 0.25) is 0 Å². The van der Waals surface area contributed by atoms with Gasteiger partial charge in [-0.25, -0.2) is 4.98 Å². The second-order valence-corrected chi connectivity index (χ2v) is 9.48. The first-order valence-corrected chi connectivity index (χ1v) is 12.7. The molecule has 0 amide bonds. The number of nitrogens with zero attached hydrogens (tertiary/aromatic N) is 1. The minimum atomic E-state index is -1.23. The van der Waals surface area contributed by atoms with Crippen LogP contribution in [0.15, 0.2) is 89.3 Å². The van der Waals surface area contributed by atoms with Crippen molar-refractivity contribution in [2.24, 2.45) is 5.92 Å². The quantitative estimate of drug-likeness (QED) is 0.273. The van der Waals surface area contributed by atoms with Crippen molar-refractivity contribution < 1.29 is 48.6 Å². The van der Waals surface area contributed by atoms with Crippen molar-refractivity contribution in [3.8, 4) is 28.3 Å². The Morgan fingerprint density at radius 3 is 2.32 bits per heavy atom. The number of aromatic nitrogens is 1. The Balaban J connectivity index is 0.00000320. The van der Waals surface area contributed by atoms with Gasteiger partial charge in [0.1, 0.15) is 18.1 Å². The first-order valence-electron chi connectivity index (χ1n) is 12.7. The predicted octanol–water partition coefficient (Wildman–Crippen LogP) is 3.05. The van der Waals surface area contributed by atoms with Crippen molar-refractivity contribution in [2.45, 2.75) is 44.4 Å². The minimum Gasteiger partial charge on any atom is -0.546 e. The fourth-order valence-corrected chi connectivity index (χ4v) is 5.23. The van der Waals surface area contributed by atoms with Gasteiger partial charge in [-0.3, -0.25) is 0 Å². The largest absolute Gasteiger partial charge is 1.00 e. The molecular weight excluding hydrogens is 473 g/mol. The molecule has 0 bridgehead atoms. The predicted molar refractivity (Wildman–Crippen MR) is 137 cm³/mol. The zero-order valence-corrected chi connectivity index (χ0v) is 23.3. The van der Waals surface area contributed by atoms with Gasteiger partial charge in [-0.2, -0.15) is 0 Å². The van der Waals surface area contributed by atoms with Crippen LogP contribution in [0.2, 0.25) is 0 Å². The van der Waals surface area contributed by atoms with Gasteiger partial charge in [0.15, 0.2) is 11.7 Å². The van der Waals surface area contributed by atoms with Crippen LogP contribution in [0.5, 0.6) is 5.75 Å². The van der Waals surface area contributed by atoms with E-state index >= 15 is 0 Å². The standard InChI is InChI=1S/C31H31NO4.Na/c33-28(34)21-35-26-17-10-11-22(20-26)19-25-16-8-3-9-18-27(25)31-32-29(23-12-4-1-5-13-23)30(36-31)24-14-6-2-7-15-24;/h1-2,4-7,10-15,17,20,25,27H,3,8-9,16,18-19,21H2,(H,33,34);/q;+1/p-1. The van der Waals surface area contributed by atoms with Gasteiger partial charge in [-0.15, -0.1) is 0 Å². The van der Waals surface area contributed by atoms with E-state index in [1.165, 1.54) is 12.8 Å². The van der Waals surface area contributed by atoms with E-state index in [-0.39, 0.29) is 35.5 Å². The second-order valence-electron chi connectivity index (χ2n) is 9.48. The molecule has 37 heavy (non-hydrogen) atoms. The van der Waals surface area contributed by atoms with E-state index in [2.05, 4.69) is 30.3 Å². The van der Waals surface area contributed by atoms with E-state index in [0.717, 1.165) is 59.7 Å². The molecule has 1 heterocycles. The number of carbonyl (C=O) groups excluding carboxylic acids is 1. The molecule has 3 aromatic carbocycles. The van der Waals surface area contributed by atoms with Gasteiger partial charge in [0.05, 0.1) is 5.97 Å². The molecule has 0 saturated heterocycles. The maximum atomic E-state index is 10.8. The molecule has 0 spiro atoms. The molecule has 0 aliphatic heterocycles. The Morgan fingerprint density at radius 2 is 1.59 bits per heavy atom. The molecule has 6 heteroatoms. The van der Waals surface area contributed by atoms with Crippen molar-refractivity contribution >= 4 is 5.97 Å². The molecule has 1 fully saturated rings. The smallest absolute Gasteiger partial charge is 0.546 e. The minimum absolute atomic E-state index is 0. The summed E-state index contributed by atoms with van der Waals surface area (Å²) in [5.74, 6) is 1.53. The number of ether oxygens (including phenoxy) is 1. The maximum absolute atomic E-state index is 10.8. The molecule has 184 valence electrons. The summed E-state index contributed by atoms with van der Waals surface area (Å²) in [5.41, 5.74) is 4.09. The van der Waals surface area contributed by atoms with Crippen LogP contribution in [0.4, 0.5) is 0 Å². The number of benzene rings is 3. The number of rotatable bonds is 8. The van der Waals surface area contributed by atoms with E-state index in [4.69, 9.17) is 14.1 Å². The number of aliphatic carboxylic acids is 1. The van der Waals surface area contributed by atoms with Crippen LogP contribution in [-0.4, -0.2) is 17.6 Å². The second kappa shape index (κ2) is 13.1. The molecule has 1 aliphatic rings. The maximum Gasteiger partial charge on any atom is 1.00 e. The molecule has 1 aliphatic carbocycles. The van der Waals surface area contributed by atoms with Crippen LogP contribution in [0, 0.1) is 5.92 Å². The number of oxazole rings is 1. The molecular formula is C31H30NNaO4. The van der Waals surface area contributed by atoms with E-state index in [0.29, 0.717) is 11.7 Å². The fraction of sp³-hybridized carbons (Fsp3) is 0.290. The van der Waals surface area contributed by atoms with Crippen LogP contribution >= 0.6 is 0 Å². The summed E-state index contributed by atoms with van der Waals surface area (Å²) in [7, 11) is 0. The van der Waals surface area contributed by atoms with Crippen molar-refractivity contribution in [1.29, 1.82) is 0 Å². The van der Waals surface area contributed by atoms with Gasteiger partial charge in [0.25, 0.3) is 0 Å². The number of carboxylic acid groups (broad SMARTS) is 1. The molecule has 2 atom stereocenters. The molecule has 0 N–H and O–H groups in total. The van der Waals surface area contributed by atoms with Crippen LogP contribution in [0.3, 0.4) is 0 Å². The first-order chi connectivity index (χ1) is 17.7. The third-order valence-electron chi connectivity index (χ3n) is 6.96. The van der Waals surface area contributed by atoms with Gasteiger partial charge in [-0.05, 0) is 42.9 Å². The average Bonchev–Trinajstić information content (AvgIpc) is 3.23. The Bertz CT molecular complexity index is 1230. The van der Waals surface area contributed by atoms with Crippen molar-refractivity contribution in [1.82, 2.24) is 4.98 Å². The summed E-state index contributed by atoms with van der Waals surface area (Å²) >= 11 is 0. The zero-order valence-electron chi connectivity index (χ0n) is 21.3. The number of carboxylic acids is 1. The number of hydrogen-bond donors (Lipinski definition) is 0. The molecule has 2 unspecified atom stereocenters. The summed E-state index contributed by atoms with van der Waals surface area (Å²) in [6.07, 6.45) is 6.53. The summed E-state index contributed by atoms with van der Waals surface area (Å²) in [5, 5.41) is 10.8. The SMILES string of the molecule is O=C([O-])COc1cccc(CC2CCCCCC2c2nc(-c3ccccc3)c(-c3ccccc3)o2)c1.[Na+]. The summed E-state index contributed by atoms with van der Waals surface area (Å²) in [6, 6.07) is 28.1. The van der Waals surface area contributed by atoms with Crippen LogP contribution < -0.4 is 39.4 Å². The van der Waals surface area contributed by atoms with Crippen molar-refractivity contribution in [3.63, 3.8) is 0 Å². The first kappa shape index (κ1) is 27.2. The summed E-state index contributed by atoms with van der Waals surface area (Å²) < 4.78 is 12.0. The van der Waals surface area contributed by atoms with Crippen LogP contribution in [0.1, 0.15) is 49.5 Å². The molecule has 0 radical (unpaired) electrons. The third kappa shape index (κ3) is 6.92. The van der Waals surface area contributed by atoms with Crippen molar-refractivity contribution in [2.75, 3.05) is 6.61 Å². The van der Waals surface area contributed by atoms with Crippen LogP contribution in [-0.2, 0) is 11.2 Å². The Morgan fingerprint density at radius 1 is 0.892 bits per heavy atom. The molecule has 1 aromatic heterocycles. The molecule has 5 rings (SSSR count). The normalized spacial score (nSPS) is 17.4.